The average Bonchev–Trinajstić information content (AvgIpc) is 2.86. The fourth-order valence-corrected chi connectivity index (χ4v) is 8.14. The summed E-state index contributed by atoms with van der Waals surface area (Å²) in [5, 5.41) is 35.6. The van der Waals surface area contributed by atoms with Crippen LogP contribution in [0.15, 0.2) is 12.7 Å². The third-order valence-electron chi connectivity index (χ3n) is 10.1. The Kier molecular flexibility index (Phi) is 7.88. The highest BCUT2D eigenvalue weighted by Gasteiger charge is 2.81. The molecule has 2 saturated heterocycles. The molecular formula is C29H45NO9. The number of carbonyl (C=O) groups is 3. The van der Waals surface area contributed by atoms with E-state index in [9.17, 15) is 29.7 Å². The zero-order valence-corrected chi connectivity index (χ0v) is 23.9. The fraction of sp³-hybridized carbons (Fsp3) is 0.828. The topological polar surface area (TPSA) is 143 Å². The van der Waals surface area contributed by atoms with Gasteiger partial charge in [0.25, 0.3) is 0 Å². The lowest BCUT2D eigenvalue weighted by molar-refractivity contribution is -0.370. The summed E-state index contributed by atoms with van der Waals surface area (Å²) in [6, 6.07) is 0. The normalized spacial score (nSPS) is 44.1. The first-order valence-electron chi connectivity index (χ1n) is 14.1. The Morgan fingerprint density at radius 1 is 1.10 bits per heavy atom. The van der Waals surface area contributed by atoms with E-state index in [4.69, 9.17) is 14.2 Å². The number of likely N-dealkylation sites (tertiary alicyclic amines) is 1. The zero-order chi connectivity index (χ0) is 29.0. The van der Waals surface area contributed by atoms with Gasteiger partial charge >= 0.3 is 11.9 Å². The van der Waals surface area contributed by atoms with Gasteiger partial charge in [-0.05, 0) is 58.0 Å². The second-order valence-electron chi connectivity index (χ2n) is 13.2. The van der Waals surface area contributed by atoms with Crippen molar-refractivity contribution in [2.75, 3.05) is 26.2 Å². The molecule has 0 amide bonds. The van der Waals surface area contributed by atoms with Crippen molar-refractivity contribution >= 4 is 17.7 Å². The van der Waals surface area contributed by atoms with E-state index in [1.54, 1.807) is 13.8 Å². The summed E-state index contributed by atoms with van der Waals surface area (Å²) in [6.07, 6.45) is 1.18. The summed E-state index contributed by atoms with van der Waals surface area (Å²) in [7, 11) is 0. The zero-order valence-electron chi connectivity index (χ0n) is 23.9. The van der Waals surface area contributed by atoms with Crippen LogP contribution in [0.25, 0.3) is 0 Å². The number of rotatable bonds is 6. The van der Waals surface area contributed by atoms with Gasteiger partial charge in [0.15, 0.2) is 24.1 Å². The molecule has 4 fully saturated rings. The van der Waals surface area contributed by atoms with Crippen molar-refractivity contribution < 1.29 is 43.9 Å². The van der Waals surface area contributed by atoms with Gasteiger partial charge < -0.3 is 29.5 Å². The van der Waals surface area contributed by atoms with Crippen LogP contribution < -0.4 is 0 Å². The van der Waals surface area contributed by atoms with Gasteiger partial charge in [0.2, 0.25) is 0 Å². The van der Waals surface area contributed by atoms with Crippen molar-refractivity contribution in [2.24, 2.45) is 16.7 Å². The first kappa shape index (κ1) is 30.1. The van der Waals surface area contributed by atoms with Crippen LogP contribution in [0.2, 0.25) is 0 Å². The Balaban J connectivity index is 1.65. The predicted octanol–water partition coefficient (Wildman–Crippen LogP) is 1.53. The summed E-state index contributed by atoms with van der Waals surface area (Å²) in [5.41, 5.74) is -7.61. The largest absolute Gasteiger partial charge is 0.454 e. The molecule has 2 heterocycles. The molecule has 39 heavy (non-hydrogen) atoms. The summed E-state index contributed by atoms with van der Waals surface area (Å²) in [4.78, 5) is 41.3. The van der Waals surface area contributed by atoms with Gasteiger partial charge in [-0.15, -0.1) is 6.58 Å². The monoisotopic (exact) mass is 551 g/mol. The van der Waals surface area contributed by atoms with Gasteiger partial charge in [-0.25, -0.2) is 4.79 Å². The number of aliphatic hydroxyl groups is 3. The molecule has 10 nitrogen and oxygen atoms in total. The number of hydrogen-bond donors (Lipinski definition) is 3. The first-order valence-corrected chi connectivity index (χ1v) is 14.1. The molecule has 8 atom stereocenters. The van der Waals surface area contributed by atoms with Crippen molar-refractivity contribution in [1.29, 1.82) is 0 Å². The minimum Gasteiger partial charge on any atom is -0.454 e. The van der Waals surface area contributed by atoms with E-state index in [2.05, 4.69) is 6.58 Å². The number of ether oxygens (including phenoxy) is 3. The Labute approximate surface area is 230 Å². The lowest BCUT2D eigenvalue weighted by Crippen LogP contribution is -2.86. The summed E-state index contributed by atoms with van der Waals surface area (Å²) in [5.74, 6) is -2.90. The molecule has 0 radical (unpaired) electrons. The van der Waals surface area contributed by atoms with Crippen LogP contribution in [0.5, 0.6) is 0 Å². The van der Waals surface area contributed by atoms with Crippen LogP contribution in [0.3, 0.4) is 0 Å². The van der Waals surface area contributed by atoms with Crippen molar-refractivity contribution in [2.45, 2.75) is 108 Å². The molecule has 0 unspecified atom stereocenters. The molecule has 2 saturated carbocycles. The van der Waals surface area contributed by atoms with Crippen LogP contribution in [0.1, 0.15) is 73.1 Å². The van der Waals surface area contributed by atoms with Crippen molar-refractivity contribution in [3.8, 4) is 0 Å². The van der Waals surface area contributed by atoms with Gasteiger partial charge in [-0.2, -0.15) is 0 Å². The van der Waals surface area contributed by atoms with Crippen LogP contribution in [-0.4, -0.2) is 99.3 Å². The van der Waals surface area contributed by atoms with E-state index >= 15 is 0 Å². The van der Waals surface area contributed by atoms with Crippen LogP contribution in [-0.2, 0) is 28.6 Å². The molecule has 0 aromatic rings. The highest BCUT2D eigenvalue weighted by molar-refractivity contribution is 5.92. The minimum absolute atomic E-state index is 0.0681. The van der Waals surface area contributed by atoms with Crippen LogP contribution >= 0.6 is 0 Å². The average molecular weight is 552 g/mol. The fourth-order valence-electron chi connectivity index (χ4n) is 8.14. The molecule has 0 bridgehead atoms. The molecule has 0 aromatic carbocycles. The third kappa shape index (κ3) is 4.66. The van der Waals surface area contributed by atoms with E-state index < -0.39 is 76.2 Å². The molecule has 0 aromatic heterocycles. The Morgan fingerprint density at radius 2 is 1.74 bits per heavy atom. The maximum atomic E-state index is 13.9. The summed E-state index contributed by atoms with van der Waals surface area (Å²) < 4.78 is 17.3. The highest BCUT2D eigenvalue weighted by atomic mass is 16.6. The summed E-state index contributed by atoms with van der Waals surface area (Å²) in [6.45, 7) is 13.2. The Hall–Kier alpha value is -1.85. The summed E-state index contributed by atoms with van der Waals surface area (Å²) >= 11 is 0. The lowest BCUT2D eigenvalue weighted by Gasteiger charge is -2.71. The maximum Gasteiger partial charge on any atom is 0.344 e. The van der Waals surface area contributed by atoms with Crippen LogP contribution in [0, 0.1) is 16.7 Å². The van der Waals surface area contributed by atoms with Gasteiger partial charge in [-0.1, -0.05) is 33.3 Å². The van der Waals surface area contributed by atoms with Crippen LogP contribution in [0.4, 0.5) is 0 Å². The Bertz CT molecular complexity index is 1010. The molecule has 4 aliphatic rings. The number of Topliss-reactive ketones (excluding diaryl/α,β-unsaturated/α-hetero) is 1. The number of piperidine rings is 1. The van der Waals surface area contributed by atoms with E-state index in [-0.39, 0.29) is 13.0 Å². The molecule has 4 rings (SSSR count). The van der Waals surface area contributed by atoms with Crippen molar-refractivity contribution in [3.63, 3.8) is 0 Å². The number of fused-ring (bicyclic) bond motifs is 3. The number of aliphatic hydroxyl groups excluding tert-OH is 2. The molecule has 10 heteroatoms. The molecular weight excluding hydrogens is 506 g/mol. The highest BCUT2D eigenvalue weighted by Crippen LogP contribution is 2.67. The minimum atomic E-state index is -2.31. The second kappa shape index (κ2) is 10.2. The molecule has 0 spiro atoms. The number of nitrogens with zero attached hydrogens (tertiary/aromatic N) is 1. The standard InChI is InChI=1S/C29H45NO9/c1-7-26(4)15-19(32)29(36)27(5)18(31)11-12-25(2,3)23(27)22(35)24(28(29,6)39-26)38-21(34)17-37-20(33)16-30-13-9-8-10-14-30/h7,18,22-24,31,35-36H,1,8-17H2,2-6H3/t18-,22-,23-,24-,26-,27-,28+,29-/m0/s1. The lowest BCUT2D eigenvalue weighted by atomic mass is 9.40. The van der Waals surface area contributed by atoms with Gasteiger partial charge in [0.05, 0.1) is 24.4 Å². The second-order valence-corrected chi connectivity index (χ2v) is 13.2. The Morgan fingerprint density at radius 3 is 2.36 bits per heavy atom. The number of hydrogen-bond acceptors (Lipinski definition) is 10. The first-order chi connectivity index (χ1) is 18.1. The van der Waals surface area contributed by atoms with Crippen molar-refractivity contribution in [3.05, 3.63) is 12.7 Å². The number of esters is 2. The van der Waals surface area contributed by atoms with Gasteiger partial charge in [-0.3, -0.25) is 14.5 Å². The molecule has 2 aliphatic heterocycles. The predicted molar refractivity (Wildman–Crippen MR) is 140 cm³/mol. The molecule has 220 valence electrons. The number of ketones is 1. The van der Waals surface area contributed by atoms with E-state index in [1.807, 2.05) is 18.7 Å². The van der Waals surface area contributed by atoms with E-state index in [1.165, 1.54) is 13.0 Å². The van der Waals surface area contributed by atoms with Crippen molar-refractivity contribution in [1.82, 2.24) is 4.90 Å². The third-order valence-corrected chi connectivity index (χ3v) is 10.1. The van der Waals surface area contributed by atoms with Gasteiger partial charge in [0, 0.05) is 17.8 Å². The smallest absolute Gasteiger partial charge is 0.344 e. The number of carbonyl (C=O) groups excluding carboxylic acids is 3. The van der Waals surface area contributed by atoms with E-state index in [0.717, 1.165) is 32.4 Å². The quantitative estimate of drug-likeness (QED) is 0.328. The van der Waals surface area contributed by atoms with E-state index in [0.29, 0.717) is 12.8 Å². The molecule has 3 N–H and O–H groups in total. The van der Waals surface area contributed by atoms with Gasteiger partial charge in [0.1, 0.15) is 5.60 Å². The maximum absolute atomic E-state index is 13.9. The SMILES string of the molecule is C=C[C@@]1(C)CC(=O)[C@]2(O)[C@@]3(C)[C@@H](O)CCC(C)(C)[C@@H]3[C@H](O)[C@H](OC(=O)COC(=O)CN3CCCCC3)[C@@]2(C)O1. The molecule has 2 aliphatic carbocycles.